The maximum atomic E-state index is 11.6. The number of hydrogen-bond donors (Lipinski definition) is 1. The molecule has 0 aliphatic carbocycles. The molecular weight excluding hydrogens is 262 g/mol. The Bertz CT molecular complexity index is 421. The van der Waals surface area contributed by atoms with E-state index in [2.05, 4.69) is 10.1 Å². The fourth-order valence-corrected chi connectivity index (χ4v) is 1.53. The molecule has 20 heavy (non-hydrogen) atoms. The molecule has 1 unspecified atom stereocenters. The molecule has 0 bridgehead atoms. The highest BCUT2D eigenvalue weighted by Gasteiger charge is 2.21. The van der Waals surface area contributed by atoms with Crippen molar-refractivity contribution in [1.29, 1.82) is 0 Å². The van der Waals surface area contributed by atoms with Crippen molar-refractivity contribution in [2.75, 3.05) is 20.8 Å². The summed E-state index contributed by atoms with van der Waals surface area (Å²) in [5.74, 6) is -0.529. The standard InChI is InChI=1S/C14H19NO5/c1-18-9-8-12(13(16)19-2)15-14(17)20-10-11-6-4-3-5-7-11/h3-7,12H,8-10H2,1-2H3,(H,15,17). The van der Waals surface area contributed by atoms with Crippen LogP contribution in [0.1, 0.15) is 12.0 Å². The predicted molar refractivity (Wildman–Crippen MR) is 72.1 cm³/mol. The molecular formula is C14H19NO5. The zero-order valence-corrected chi connectivity index (χ0v) is 11.6. The van der Waals surface area contributed by atoms with Crippen molar-refractivity contribution in [3.63, 3.8) is 0 Å². The van der Waals surface area contributed by atoms with E-state index in [9.17, 15) is 9.59 Å². The second-order valence-corrected chi connectivity index (χ2v) is 4.06. The van der Waals surface area contributed by atoms with Crippen molar-refractivity contribution in [2.24, 2.45) is 0 Å². The minimum Gasteiger partial charge on any atom is -0.467 e. The molecule has 6 nitrogen and oxygen atoms in total. The van der Waals surface area contributed by atoms with Crippen LogP contribution in [0.2, 0.25) is 0 Å². The minimum absolute atomic E-state index is 0.144. The van der Waals surface area contributed by atoms with Crippen LogP contribution in [0.5, 0.6) is 0 Å². The fourth-order valence-electron chi connectivity index (χ4n) is 1.53. The van der Waals surface area contributed by atoms with Gasteiger partial charge in [0, 0.05) is 20.1 Å². The Morgan fingerprint density at radius 1 is 1.20 bits per heavy atom. The molecule has 0 aliphatic rings. The normalized spacial score (nSPS) is 11.5. The lowest BCUT2D eigenvalue weighted by Crippen LogP contribution is -2.42. The van der Waals surface area contributed by atoms with Crippen LogP contribution in [0.3, 0.4) is 0 Å². The summed E-state index contributed by atoms with van der Waals surface area (Å²) in [5.41, 5.74) is 0.870. The van der Waals surface area contributed by atoms with Gasteiger partial charge in [-0.2, -0.15) is 0 Å². The van der Waals surface area contributed by atoms with Crippen molar-refractivity contribution >= 4 is 12.1 Å². The van der Waals surface area contributed by atoms with E-state index in [1.165, 1.54) is 14.2 Å². The zero-order chi connectivity index (χ0) is 14.8. The van der Waals surface area contributed by atoms with Gasteiger partial charge in [-0.15, -0.1) is 0 Å². The number of rotatable bonds is 7. The summed E-state index contributed by atoms with van der Waals surface area (Å²) in [7, 11) is 2.78. The number of ether oxygens (including phenoxy) is 3. The Hall–Kier alpha value is -2.08. The van der Waals surface area contributed by atoms with E-state index in [-0.39, 0.29) is 6.61 Å². The van der Waals surface area contributed by atoms with Crippen LogP contribution in [0.25, 0.3) is 0 Å². The Morgan fingerprint density at radius 2 is 1.90 bits per heavy atom. The van der Waals surface area contributed by atoms with E-state index in [1.807, 2.05) is 30.3 Å². The third-order valence-corrected chi connectivity index (χ3v) is 2.60. The van der Waals surface area contributed by atoms with Crippen molar-refractivity contribution in [2.45, 2.75) is 19.1 Å². The molecule has 0 saturated heterocycles. The topological polar surface area (TPSA) is 73.9 Å². The Balaban J connectivity index is 2.43. The summed E-state index contributed by atoms with van der Waals surface area (Å²) in [6, 6.07) is 8.50. The number of carbonyl (C=O) groups excluding carboxylic acids is 2. The highest BCUT2D eigenvalue weighted by molar-refractivity contribution is 5.81. The molecule has 1 N–H and O–H groups in total. The van der Waals surface area contributed by atoms with E-state index >= 15 is 0 Å². The fraction of sp³-hybridized carbons (Fsp3) is 0.429. The molecule has 0 saturated carbocycles. The van der Waals surface area contributed by atoms with Crippen LogP contribution in [0.15, 0.2) is 30.3 Å². The first kappa shape index (κ1) is 16.0. The molecule has 0 heterocycles. The lowest BCUT2D eigenvalue weighted by atomic mass is 10.2. The minimum atomic E-state index is -0.775. The Labute approximate surface area is 118 Å². The van der Waals surface area contributed by atoms with Gasteiger partial charge in [-0.25, -0.2) is 9.59 Å². The Kier molecular flexibility index (Phi) is 7.13. The first-order valence-corrected chi connectivity index (χ1v) is 6.21. The number of nitrogens with one attached hydrogen (secondary N) is 1. The maximum Gasteiger partial charge on any atom is 0.408 e. The zero-order valence-electron chi connectivity index (χ0n) is 11.6. The van der Waals surface area contributed by atoms with Crippen LogP contribution in [-0.4, -0.2) is 38.9 Å². The summed E-state index contributed by atoms with van der Waals surface area (Å²) >= 11 is 0. The monoisotopic (exact) mass is 281 g/mol. The maximum absolute atomic E-state index is 11.6. The smallest absolute Gasteiger partial charge is 0.408 e. The molecule has 1 atom stereocenters. The second kappa shape index (κ2) is 8.92. The molecule has 0 radical (unpaired) electrons. The number of amides is 1. The molecule has 1 rings (SSSR count). The molecule has 0 aromatic heterocycles. The summed E-state index contributed by atoms with van der Waals surface area (Å²) in [5, 5.41) is 2.46. The van der Waals surface area contributed by atoms with E-state index in [0.717, 1.165) is 5.56 Å². The first-order valence-electron chi connectivity index (χ1n) is 6.21. The van der Waals surface area contributed by atoms with Gasteiger partial charge in [-0.05, 0) is 5.56 Å². The van der Waals surface area contributed by atoms with Gasteiger partial charge < -0.3 is 19.5 Å². The van der Waals surface area contributed by atoms with Crippen LogP contribution in [0, 0.1) is 0 Å². The highest BCUT2D eigenvalue weighted by Crippen LogP contribution is 2.02. The van der Waals surface area contributed by atoms with E-state index in [1.54, 1.807) is 0 Å². The van der Waals surface area contributed by atoms with Gasteiger partial charge in [0.1, 0.15) is 12.6 Å². The second-order valence-electron chi connectivity index (χ2n) is 4.06. The molecule has 1 amide bonds. The molecule has 110 valence electrons. The molecule has 0 fully saturated rings. The van der Waals surface area contributed by atoms with Crippen LogP contribution >= 0.6 is 0 Å². The van der Waals surface area contributed by atoms with Crippen LogP contribution in [0.4, 0.5) is 4.79 Å². The number of methoxy groups -OCH3 is 2. The molecule has 6 heteroatoms. The van der Waals surface area contributed by atoms with E-state index in [4.69, 9.17) is 9.47 Å². The van der Waals surface area contributed by atoms with E-state index in [0.29, 0.717) is 13.0 Å². The number of carbonyl (C=O) groups is 2. The molecule has 1 aromatic rings. The number of esters is 1. The van der Waals surface area contributed by atoms with E-state index < -0.39 is 18.1 Å². The van der Waals surface area contributed by atoms with Gasteiger partial charge in [0.2, 0.25) is 0 Å². The lowest BCUT2D eigenvalue weighted by Gasteiger charge is -2.15. The molecule has 0 spiro atoms. The summed E-state index contributed by atoms with van der Waals surface area (Å²) in [6.07, 6.45) is -0.343. The number of benzene rings is 1. The van der Waals surface area contributed by atoms with Crippen molar-refractivity contribution in [1.82, 2.24) is 5.32 Å². The average Bonchev–Trinajstić information content (AvgIpc) is 2.49. The summed E-state index contributed by atoms with van der Waals surface area (Å²) < 4.78 is 14.5. The van der Waals surface area contributed by atoms with Crippen LogP contribution in [-0.2, 0) is 25.6 Å². The quantitative estimate of drug-likeness (QED) is 0.766. The van der Waals surface area contributed by atoms with Gasteiger partial charge >= 0.3 is 12.1 Å². The molecule has 1 aromatic carbocycles. The Morgan fingerprint density at radius 3 is 2.50 bits per heavy atom. The molecule has 0 aliphatic heterocycles. The third kappa shape index (κ3) is 5.71. The predicted octanol–water partition coefficient (Wildman–Crippen LogP) is 1.49. The summed E-state index contributed by atoms with van der Waals surface area (Å²) in [6.45, 7) is 0.476. The summed E-state index contributed by atoms with van der Waals surface area (Å²) in [4.78, 5) is 23.1. The largest absolute Gasteiger partial charge is 0.467 e. The number of hydrogen-bond acceptors (Lipinski definition) is 5. The first-order chi connectivity index (χ1) is 9.67. The van der Waals surface area contributed by atoms with Crippen molar-refractivity contribution in [3.8, 4) is 0 Å². The third-order valence-electron chi connectivity index (χ3n) is 2.60. The highest BCUT2D eigenvalue weighted by atomic mass is 16.6. The van der Waals surface area contributed by atoms with Gasteiger partial charge in [-0.1, -0.05) is 30.3 Å². The SMILES string of the molecule is COCCC(NC(=O)OCc1ccccc1)C(=O)OC. The lowest BCUT2D eigenvalue weighted by molar-refractivity contribution is -0.143. The van der Waals surface area contributed by atoms with Crippen molar-refractivity contribution in [3.05, 3.63) is 35.9 Å². The van der Waals surface area contributed by atoms with Gasteiger partial charge in [0.05, 0.1) is 7.11 Å². The van der Waals surface area contributed by atoms with Crippen LogP contribution < -0.4 is 5.32 Å². The average molecular weight is 281 g/mol. The van der Waals surface area contributed by atoms with Gasteiger partial charge in [0.15, 0.2) is 0 Å². The van der Waals surface area contributed by atoms with Crippen molar-refractivity contribution < 1.29 is 23.8 Å². The van der Waals surface area contributed by atoms with Gasteiger partial charge in [0.25, 0.3) is 0 Å². The van der Waals surface area contributed by atoms with Gasteiger partial charge in [-0.3, -0.25) is 0 Å². The number of alkyl carbamates (subject to hydrolysis) is 1.